The van der Waals surface area contributed by atoms with Crippen molar-refractivity contribution in [3.8, 4) is 0 Å². The third kappa shape index (κ3) is 4.08. The number of ether oxygens (including phenoxy) is 1. The summed E-state index contributed by atoms with van der Waals surface area (Å²) in [6.45, 7) is 8.58. The van der Waals surface area contributed by atoms with Crippen molar-refractivity contribution in [2.45, 2.75) is 44.7 Å². The monoisotopic (exact) mass is 376 g/mol. The Hall–Kier alpha value is -1.15. The highest BCUT2D eigenvalue weighted by molar-refractivity contribution is 7.89. The molecular formula is C16H25ClN2O4S. The molecule has 1 aromatic carbocycles. The second-order valence-electron chi connectivity index (χ2n) is 5.80. The van der Waals surface area contributed by atoms with Crippen molar-refractivity contribution in [2.24, 2.45) is 0 Å². The Bertz CT molecular complexity index is 693. The topological polar surface area (TPSA) is 75.7 Å². The number of piperazine rings is 1. The largest absolute Gasteiger partial charge is 0.462 e. The van der Waals surface area contributed by atoms with E-state index in [0.717, 1.165) is 0 Å². The van der Waals surface area contributed by atoms with Crippen molar-refractivity contribution in [2.75, 3.05) is 19.7 Å². The lowest BCUT2D eigenvalue weighted by Crippen LogP contribution is -2.57. The molecule has 0 bridgehead atoms. The van der Waals surface area contributed by atoms with E-state index >= 15 is 0 Å². The van der Waals surface area contributed by atoms with Gasteiger partial charge in [0.05, 0.1) is 17.1 Å². The predicted octanol–water partition coefficient (Wildman–Crippen LogP) is 1.96. The molecule has 0 aromatic heterocycles. The van der Waals surface area contributed by atoms with Gasteiger partial charge in [0, 0.05) is 25.2 Å². The Balaban J connectivity index is 0.00000288. The van der Waals surface area contributed by atoms with Crippen molar-refractivity contribution in [1.82, 2.24) is 9.62 Å². The maximum atomic E-state index is 13.0. The number of benzene rings is 1. The van der Waals surface area contributed by atoms with Crippen molar-refractivity contribution in [3.63, 3.8) is 0 Å². The van der Waals surface area contributed by atoms with E-state index in [-0.39, 0.29) is 41.6 Å². The van der Waals surface area contributed by atoms with E-state index in [2.05, 4.69) is 5.32 Å². The van der Waals surface area contributed by atoms with E-state index in [9.17, 15) is 13.2 Å². The van der Waals surface area contributed by atoms with Gasteiger partial charge in [-0.05, 0) is 45.4 Å². The lowest BCUT2D eigenvalue weighted by Gasteiger charge is -2.37. The van der Waals surface area contributed by atoms with Gasteiger partial charge in [-0.3, -0.25) is 0 Å². The fraction of sp³-hybridized carbons (Fsp3) is 0.562. The van der Waals surface area contributed by atoms with Gasteiger partial charge in [-0.2, -0.15) is 4.31 Å². The summed E-state index contributed by atoms with van der Waals surface area (Å²) in [7, 11) is -3.66. The Kier molecular flexibility index (Phi) is 7.22. The van der Waals surface area contributed by atoms with Crippen LogP contribution in [0, 0.1) is 6.92 Å². The molecular weight excluding hydrogens is 352 g/mol. The van der Waals surface area contributed by atoms with E-state index < -0.39 is 16.0 Å². The van der Waals surface area contributed by atoms with Crippen LogP contribution in [0.3, 0.4) is 0 Å². The number of hydrogen-bond donors (Lipinski definition) is 1. The number of hydrogen-bond acceptors (Lipinski definition) is 5. The zero-order valence-corrected chi connectivity index (χ0v) is 16.0. The molecule has 1 heterocycles. The van der Waals surface area contributed by atoms with Gasteiger partial charge in [-0.1, -0.05) is 6.07 Å². The highest BCUT2D eigenvalue weighted by Gasteiger charge is 2.35. The number of nitrogens with one attached hydrogen (secondary N) is 1. The fourth-order valence-electron chi connectivity index (χ4n) is 2.71. The van der Waals surface area contributed by atoms with Gasteiger partial charge in [0.25, 0.3) is 0 Å². The molecule has 1 aromatic rings. The molecule has 1 aliphatic heterocycles. The van der Waals surface area contributed by atoms with Crippen LogP contribution in [-0.2, 0) is 14.8 Å². The van der Waals surface area contributed by atoms with Gasteiger partial charge < -0.3 is 10.1 Å². The van der Waals surface area contributed by atoms with Crippen molar-refractivity contribution in [1.29, 1.82) is 0 Å². The van der Waals surface area contributed by atoms with Crippen molar-refractivity contribution < 1.29 is 17.9 Å². The average molecular weight is 377 g/mol. The SMILES string of the molecule is CCOC(=O)c1ccc(C)c(S(=O)(=O)N2CCNC(C)C2C)c1.Cl. The third-order valence-electron chi connectivity index (χ3n) is 4.26. The fourth-order valence-corrected chi connectivity index (χ4v) is 4.67. The van der Waals surface area contributed by atoms with Gasteiger partial charge in [-0.15, -0.1) is 12.4 Å². The Morgan fingerprint density at radius 2 is 2.04 bits per heavy atom. The summed E-state index contributed by atoms with van der Waals surface area (Å²) >= 11 is 0. The number of carbonyl (C=O) groups is 1. The predicted molar refractivity (Wildman–Crippen MR) is 95.2 cm³/mol. The van der Waals surface area contributed by atoms with Crippen LogP contribution >= 0.6 is 12.4 Å². The Morgan fingerprint density at radius 3 is 2.67 bits per heavy atom. The first kappa shape index (κ1) is 20.9. The van der Waals surface area contributed by atoms with Crippen LogP contribution in [0.25, 0.3) is 0 Å². The van der Waals surface area contributed by atoms with E-state index in [1.807, 2.05) is 13.8 Å². The number of rotatable bonds is 4. The molecule has 1 saturated heterocycles. The molecule has 2 rings (SSSR count). The summed E-state index contributed by atoms with van der Waals surface area (Å²) in [6, 6.07) is 4.58. The summed E-state index contributed by atoms with van der Waals surface area (Å²) in [5.41, 5.74) is 0.878. The Morgan fingerprint density at radius 1 is 1.38 bits per heavy atom. The molecule has 2 unspecified atom stereocenters. The second kappa shape index (κ2) is 8.29. The molecule has 8 heteroatoms. The number of carbonyl (C=O) groups excluding carboxylic acids is 1. The normalized spacial score (nSPS) is 21.8. The van der Waals surface area contributed by atoms with Crippen LogP contribution in [0.2, 0.25) is 0 Å². The summed E-state index contributed by atoms with van der Waals surface area (Å²) in [6.07, 6.45) is 0. The van der Waals surface area contributed by atoms with Crippen LogP contribution in [0.4, 0.5) is 0 Å². The second-order valence-corrected chi connectivity index (χ2v) is 7.66. The van der Waals surface area contributed by atoms with Crippen molar-refractivity contribution >= 4 is 28.4 Å². The first-order valence-electron chi connectivity index (χ1n) is 7.82. The smallest absolute Gasteiger partial charge is 0.338 e. The van der Waals surface area contributed by atoms with Gasteiger partial charge in [0.1, 0.15) is 0 Å². The zero-order valence-electron chi connectivity index (χ0n) is 14.4. The van der Waals surface area contributed by atoms with Gasteiger partial charge in [-0.25, -0.2) is 13.2 Å². The van der Waals surface area contributed by atoms with Crippen LogP contribution in [0.5, 0.6) is 0 Å². The number of nitrogens with zero attached hydrogens (tertiary/aromatic N) is 1. The molecule has 2 atom stereocenters. The minimum atomic E-state index is -3.66. The molecule has 0 aliphatic carbocycles. The molecule has 0 spiro atoms. The van der Waals surface area contributed by atoms with Crippen LogP contribution < -0.4 is 5.32 Å². The third-order valence-corrected chi connectivity index (χ3v) is 6.39. The molecule has 0 radical (unpaired) electrons. The molecule has 24 heavy (non-hydrogen) atoms. The van der Waals surface area contributed by atoms with Crippen LogP contribution in [0.1, 0.15) is 36.7 Å². The van der Waals surface area contributed by atoms with E-state index in [4.69, 9.17) is 4.74 Å². The number of halogens is 1. The van der Waals surface area contributed by atoms with Crippen LogP contribution in [-0.4, -0.2) is 50.5 Å². The van der Waals surface area contributed by atoms with E-state index in [1.165, 1.54) is 10.4 Å². The summed E-state index contributed by atoms with van der Waals surface area (Å²) in [5.74, 6) is -0.509. The van der Waals surface area contributed by atoms with E-state index in [0.29, 0.717) is 18.7 Å². The molecule has 6 nitrogen and oxygen atoms in total. The lowest BCUT2D eigenvalue weighted by molar-refractivity contribution is 0.0526. The number of aryl methyl sites for hydroxylation is 1. The number of esters is 1. The maximum Gasteiger partial charge on any atom is 0.338 e. The van der Waals surface area contributed by atoms with E-state index in [1.54, 1.807) is 26.0 Å². The minimum Gasteiger partial charge on any atom is -0.462 e. The standard InChI is InChI=1S/C16H24N2O4S.ClH/c1-5-22-16(19)14-7-6-11(2)15(10-14)23(20,21)18-9-8-17-12(3)13(18)4;/h6-7,10,12-13,17H,5,8-9H2,1-4H3;1H. The quantitative estimate of drug-likeness (QED) is 0.813. The summed E-state index contributed by atoms with van der Waals surface area (Å²) in [4.78, 5) is 12.1. The summed E-state index contributed by atoms with van der Waals surface area (Å²) < 4.78 is 32.6. The van der Waals surface area contributed by atoms with Crippen molar-refractivity contribution in [3.05, 3.63) is 29.3 Å². The first-order valence-corrected chi connectivity index (χ1v) is 9.26. The minimum absolute atomic E-state index is 0. The first-order chi connectivity index (χ1) is 10.8. The summed E-state index contributed by atoms with van der Waals surface area (Å²) in [5, 5.41) is 3.27. The lowest BCUT2D eigenvalue weighted by atomic mass is 10.1. The molecule has 1 fully saturated rings. The average Bonchev–Trinajstić information content (AvgIpc) is 2.50. The molecule has 1 aliphatic rings. The van der Waals surface area contributed by atoms with Gasteiger partial charge in [0.2, 0.25) is 10.0 Å². The molecule has 0 saturated carbocycles. The maximum absolute atomic E-state index is 13.0. The molecule has 136 valence electrons. The Labute approximate surface area is 150 Å². The molecule has 1 N–H and O–H groups in total. The highest BCUT2D eigenvalue weighted by Crippen LogP contribution is 2.25. The van der Waals surface area contributed by atoms with Crippen LogP contribution in [0.15, 0.2) is 23.1 Å². The zero-order chi connectivity index (χ0) is 17.2. The molecule has 0 amide bonds. The highest BCUT2D eigenvalue weighted by atomic mass is 35.5. The van der Waals surface area contributed by atoms with Gasteiger partial charge in [0.15, 0.2) is 0 Å². The van der Waals surface area contributed by atoms with Gasteiger partial charge >= 0.3 is 5.97 Å². The number of sulfonamides is 1.